The van der Waals surface area contributed by atoms with Crippen LogP contribution >= 0.6 is 0 Å². The van der Waals surface area contributed by atoms with Crippen molar-refractivity contribution in [1.82, 2.24) is 5.32 Å². The molecule has 1 heterocycles. The molecule has 0 aromatic heterocycles. The van der Waals surface area contributed by atoms with Gasteiger partial charge in [-0.05, 0) is 25.7 Å². The van der Waals surface area contributed by atoms with Crippen molar-refractivity contribution in [3.05, 3.63) is 0 Å². The highest BCUT2D eigenvalue weighted by molar-refractivity contribution is 4.68. The number of aliphatic hydroxyl groups excluding tert-OH is 1. The third-order valence-corrected chi connectivity index (χ3v) is 2.65. The molecule has 0 bridgehead atoms. The third-order valence-electron chi connectivity index (χ3n) is 2.65. The second kappa shape index (κ2) is 7.21. The van der Waals surface area contributed by atoms with E-state index < -0.39 is 0 Å². The number of aliphatic hydroxyl groups is 1. The third kappa shape index (κ3) is 4.94. The molecule has 0 aromatic rings. The summed E-state index contributed by atoms with van der Waals surface area (Å²) in [5, 5.41) is 12.7. The molecule has 3 heteroatoms. The van der Waals surface area contributed by atoms with E-state index in [1.807, 2.05) is 0 Å². The molecule has 1 aliphatic rings. The second-order valence-electron chi connectivity index (χ2n) is 4.09. The molecular formula is C11H23NO2. The van der Waals surface area contributed by atoms with Crippen LogP contribution in [0, 0.1) is 0 Å². The Bertz CT molecular complexity index is 135. The van der Waals surface area contributed by atoms with Crippen LogP contribution in [-0.4, -0.2) is 37.0 Å². The van der Waals surface area contributed by atoms with Crippen molar-refractivity contribution in [3.8, 4) is 0 Å². The summed E-state index contributed by atoms with van der Waals surface area (Å²) in [5.41, 5.74) is 0. The highest BCUT2D eigenvalue weighted by Crippen LogP contribution is 2.11. The van der Waals surface area contributed by atoms with Crippen LogP contribution in [0.25, 0.3) is 0 Å². The van der Waals surface area contributed by atoms with Gasteiger partial charge in [0.2, 0.25) is 0 Å². The minimum absolute atomic E-state index is 0.191. The van der Waals surface area contributed by atoms with Gasteiger partial charge in [-0.1, -0.05) is 13.3 Å². The lowest BCUT2D eigenvalue weighted by Crippen LogP contribution is -2.35. The average Bonchev–Trinajstić information content (AvgIpc) is 2.20. The van der Waals surface area contributed by atoms with Gasteiger partial charge in [0.25, 0.3) is 0 Å². The molecule has 2 unspecified atom stereocenters. The molecule has 0 aliphatic carbocycles. The largest absolute Gasteiger partial charge is 0.392 e. The van der Waals surface area contributed by atoms with Crippen molar-refractivity contribution in [2.24, 2.45) is 0 Å². The van der Waals surface area contributed by atoms with Gasteiger partial charge in [-0.2, -0.15) is 0 Å². The zero-order chi connectivity index (χ0) is 10.2. The van der Waals surface area contributed by atoms with E-state index in [9.17, 15) is 5.11 Å². The molecule has 2 N–H and O–H groups in total. The Labute approximate surface area is 86.8 Å². The predicted molar refractivity (Wildman–Crippen MR) is 57.4 cm³/mol. The van der Waals surface area contributed by atoms with E-state index in [4.69, 9.17) is 4.74 Å². The molecule has 1 rings (SSSR count). The molecule has 0 aromatic carbocycles. The van der Waals surface area contributed by atoms with E-state index in [1.165, 1.54) is 12.8 Å². The zero-order valence-electron chi connectivity index (χ0n) is 9.17. The van der Waals surface area contributed by atoms with Crippen LogP contribution in [0.5, 0.6) is 0 Å². The van der Waals surface area contributed by atoms with E-state index in [1.54, 1.807) is 0 Å². The maximum absolute atomic E-state index is 9.48. The molecule has 0 radical (unpaired) electrons. The molecule has 3 nitrogen and oxygen atoms in total. The highest BCUT2D eigenvalue weighted by Gasteiger charge is 2.13. The Balaban J connectivity index is 1.96. The van der Waals surface area contributed by atoms with Crippen LogP contribution in [0.15, 0.2) is 0 Å². The van der Waals surface area contributed by atoms with Crippen molar-refractivity contribution in [3.63, 3.8) is 0 Å². The monoisotopic (exact) mass is 201 g/mol. The lowest BCUT2D eigenvalue weighted by Gasteiger charge is -2.23. The quantitative estimate of drug-likeness (QED) is 0.681. The Morgan fingerprint density at radius 3 is 3.00 bits per heavy atom. The first-order chi connectivity index (χ1) is 6.83. The van der Waals surface area contributed by atoms with Crippen molar-refractivity contribution >= 4 is 0 Å². The van der Waals surface area contributed by atoms with Crippen LogP contribution in [0.1, 0.15) is 39.0 Å². The minimum Gasteiger partial charge on any atom is -0.392 e. The Kier molecular flexibility index (Phi) is 6.15. The van der Waals surface area contributed by atoms with E-state index in [-0.39, 0.29) is 6.10 Å². The van der Waals surface area contributed by atoms with E-state index in [0.29, 0.717) is 12.6 Å². The Morgan fingerprint density at radius 1 is 1.50 bits per heavy atom. The summed E-state index contributed by atoms with van der Waals surface area (Å²) < 4.78 is 5.58. The van der Waals surface area contributed by atoms with Gasteiger partial charge in [0.15, 0.2) is 0 Å². The van der Waals surface area contributed by atoms with E-state index in [2.05, 4.69) is 12.2 Å². The summed E-state index contributed by atoms with van der Waals surface area (Å²) in [6, 6.07) is 0. The number of nitrogens with one attached hydrogen (secondary N) is 1. The summed E-state index contributed by atoms with van der Waals surface area (Å²) >= 11 is 0. The molecule has 2 atom stereocenters. The summed E-state index contributed by atoms with van der Waals surface area (Å²) in [5.74, 6) is 0. The van der Waals surface area contributed by atoms with Gasteiger partial charge in [-0.3, -0.25) is 0 Å². The second-order valence-corrected chi connectivity index (χ2v) is 4.09. The fourth-order valence-corrected chi connectivity index (χ4v) is 1.81. The summed E-state index contributed by atoms with van der Waals surface area (Å²) in [7, 11) is 0. The molecule has 0 amide bonds. The van der Waals surface area contributed by atoms with Crippen molar-refractivity contribution in [2.45, 2.75) is 51.2 Å². The van der Waals surface area contributed by atoms with Gasteiger partial charge in [0.1, 0.15) is 0 Å². The van der Waals surface area contributed by atoms with Crippen molar-refractivity contribution in [1.29, 1.82) is 0 Å². The molecule has 14 heavy (non-hydrogen) atoms. The van der Waals surface area contributed by atoms with Gasteiger partial charge in [-0.25, -0.2) is 0 Å². The molecule has 1 fully saturated rings. The van der Waals surface area contributed by atoms with Gasteiger partial charge < -0.3 is 15.2 Å². The Morgan fingerprint density at radius 2 is 2.36 bits per heavy atom. The van der Waals surface area contributed by atoms with Gasteiger partial charge in [-0.15, -0.1) is 0 Å². The fraction of sp³-hybridized carbons (Fsp3) is 1.00. The normalized spacial score (nSPS) is 24.9. The van der Waals surface area contributed by atoms with Crippen LogP contribution in [0.3, 0.4) is 0 Å². The molecule has 1 saturated heterocycles. The maximum atomic E-state index is 9.48. The fourth-order valence-electron chi connectivity index (χ4n) is 1.81. The van der Waals surface area contributed by atoms with E-state index >= 15 is 0 Å². The maximum Gasteiger partial charge on any atom is 0.0699 e. The molecular weight excluding hydrogens is 178 g/mol. The van der Waals surface area contributed by atoms with Crippen molar-refractivity contribution < 1.29 is 9.84 Å². The number of hydrogen-bond acceptors (Lipinski definition) is 3. The van der Waals surface area contributed by atoms with Crippen molar-refractivity contribution in [2.75, 3.05) is 19.7 Å². The van der Waals surface area contributed by atoms with Crippen LogP contribution in [0.2, 0.25) is 0 Å². The smallest absolute Gasteiger partial charge is 0.0699 e. The summed E-state index contributed by atoms with van der Waals surface area (Å²) in [4.78, 5) is 0. The van der Waals surface area contributed by atoms with Crippen LogP contribution in [0.4, 0.5) is 0 Å². The first-order valence-electron chi connectivity index (χ1n) is 5.83. The lowest BCUT2D eigenvalue weighted by atomic mass is 10.1. The summed E-state index contributed by atoms with van der Waals surface area (Å²) in [6.07, 6.45) is 5.76. The van der Waals surface area contributed by atoms with Gasteiger partial charge >= 0.3 is 0 Å². The topological polar surface area (TPSA) is 41.5 Å². The first-order valence-corrected chi connectivity index (χ1v) is 5.83. The molecule has 0 saturated carbocycles. The Hall–Kier alpha value is -0.120. The number of ether oxygens (including phenoxy) is 1. The molecule has 84 valence electrons. The van der Waals surface area contributed by atoms with Crippen LogP contribution in [-0.2, 0) is 4.74 Å². The van der Waals surface area contributed by atoms with Crippen LogP contribution < -0.4 is 5.32 Å². The highest BCUT2D eigenvalue weighted by atomic mass is 16.5. The van der Waals surface area contributed by atoms with E-state index in [0.717, 1.165) is 32.4 Å². The summed E-state index contributed by atoms with van der Waals surface area (Å²) in [6.45, 7) is 4.59. The molecule has 0 spiro atoms. The minimum atomic E-state index is -0.191. The standard InChI is InChI=1S/C11H23NO2/c1-2-5-10(13)8-12-9-11-6-3-4-7-14-11/h10-13H,2-9H2,1H3. The number of rotatable bonds is 6. The SMILES string of the molecule is CCCC(O)CNCC1CCCCO1. The van der Waals surface area contributed by atoms with Gasteiger partial charge in [0.05, 0.1) is 12.2 Å². The zero-order valence-corrected chi connectivity index (χ0v) is 9.17. The molecule has 1 aliphatic heterocycles. The lowest BCUT2D eigenvalue weighted by molar-refractivity contribution is 0.0151. The first kappa shape index (κ1) is 12.0. The van der Waals surface area contributed by atoms with Gasteiger partial charge in [0, 0.05) is 19.7 Å². The predicted octanol–water partition coefficient (Wildman–Crippen LogP) is 1.31. The average molecular weight is 201 g/mol. The number of hydrogen-bond donors (Lipinski definition) is 2.